The number of benzene rings is 2. The maximum absolute atomic E-state index is 12.3. The number of ether oxygens (including phenoxy) is 3. The molecule has 0 aliphatic carbocycles. The Morgan fingerprint density at radius 1 is 1.10 bits per heavy atom. The second-order valence-electron chi connectivity index (χ2n) is 6.64. The molecule has 2 N–H and O–H groups in total. The highest BCUT2D eigenvalue weighted by Gasteiger charge is 2.12. The summed E-state index contributed by atoms with van der Waals surface area (Å²) in [6.07, 6.45) is 1.95. The highest BCUT2D eigenvalue weighted by Crippen LogP contribution is 2.28. The van der Waals surface area contributed by atoms with E-state index in [9.17, 15) is 9.59 Å². The molecule has 0 atom stereocenters. The number of carbonyl (C=O) groups is 2. The van der Waals surface area contributed by atoms with Crippen LogP contribution in [0.3, 0.4) is 0 Å². The average Bonchev–Trinajstić information content (AvgIpc) is 3.20. The van der Waals surface area contributed by atoms with E-state index in [-0.39, 0.29) is 13.2 Å². The van der Waals surface area contributed by atoms with E-state index in [1.807, 2.05) is 24.3 Å². The molecule has 0 saturated heterocycles. The lowest BCUT2D eigenvalue weighted by molar-refractivity contribution is -0.126. The predicted molar refractivity (Wildman–Crippen MR) is 118 cm³/mol. The van der Waals surface area contributed by atoms with Gasteiger partial charge in [0.05, 0.1) is 30.5 Å². The molecule has 0 fully saturated rings. The monoisotopic (exact) mass is 443 g/mol. The van der Waals surface area contributed by atoms with Gasteiger partial charge in [0.2, 0.25) is 0 Å². The fourth-order valence-corrected chi connectivity index (χ4v) is 3.61. The molecule has 1 heterocycles. The maximum atomic E-state index is 12.3. The van der Waals surface area contributed by atoms with Gasteiger partial charge in [-0.1, -0.05) is 25.5 Å². The van der Waals surface area contributed by atoms with Crippen LogP contribution in [0.2, 0.25) is 0 Å². The minimum absolute atomic E-state index is 0.205. The molecule has 0 radical (unpaired) electrons. The lowest BCUT2D eigenvalue weighted by Crippen LogP contribution is -2.43. The van der Waals surface area contributed by atoms with Gasteiger partial charge in [0.15, 0.2) is 11.5 Å². The van der Waals surface area contributed by atoms with Crippen molar-refractivity contribution < 1.29 is 23.8 Å². The van der Waals surface area contributed by atoms with Gasteiger partial charge in [0.1, 0.15) is 11.6 Å². The zero-order chi connectivity index (χ0) is 22.1. The van der Waals surface area contributed by atoms with E-state index in [0.29, 0.717) is 23.7 Å². The fraction of sp³-hybridized carbons (Fsp3) is 0.318. The van der Waals surface area contributed by atoms with Crippen molar-refractivity contribution in [1.29, 1.82) is 0 Å². The van der Waals surface area contributed by atoms with Crippen LogP contribution >= 0.6 is 11.3 Å². The lowest BCUT2D eigenvalue weighted by Gasteiger charge is -2.12. The summed E-state index contributed by atoms with van der Waals surface area (Å²) in [4.78, 5) is 28.7. The molecule has 3 rings (SSSR count). The number of hydrazine groups is 1. The van der Waals surface area contributed by atoms with Crippen molar-refractivity contribution in [2.75, 3.05) is 20.3 Å². The first kappa shape index (κ1) is 22.5. The molecule has 0 spiro atoms. The third-order valence-electron chi connectivity index (χ3n) is 4.29. The Labute approximate surface area is 184 Å². The van der Waals surface area contributed by atoms with Crippen molar-refractivity contribution in [3.63, 3.8) is 0 Å². The SMILES string of the molecule is CCCCOc1ccc(C(=O)NNC(=O)COCc2nc3ccccc3s2)cc1OC. The first-order valence-electron chi connectivity index (χ1n) is 9.93. The maximum Gasteiger partial charge on any atom is 0.269 e. The van der Waals surface area contributed by atoms with E-state index in [2.05, 4.69) is 22.8 Å². The van der Waals surface area contributed by atoms with Gasteiger partial charge in [-0.3, -0.25) is 20.4 Å². The number of aromatic nitrogens is 1. The van der Waals surface area contributed by atoms with Crippen LogP contribution in [0.4, 0.5) is 0 Å². The van der Waals surface area contributed by atoms with Crippen LogP contribution < -0.4 is 20.3 Å². The minimum Gasteiger partial charge on any atom is -0.493 e. The van der Waals surface area contributed by atoms with Crippen molar-refractivity contribution in [3.8, 4) is 11.5 Å². The molecule has 31 heavy (non-hydrogen) atoms. The van der Waals surface area contributed by atoms with Crippen LogP contribution in [0.25, 0.3) is 10.2 Å². The second kappa shape index (κ2) is 11.3. The number of carbonyl (C=O) groups excluding carboxylic acids is 2. The van der Waals surface area contributed by atoms with Crippen LogP contribution in [0.15, 0.2) is 42.5 Å². The topological polar surface area (TPSA) is 98.8 Å². The highest BCUT2D eigenvalue weighted by molar-refractivity contribution is 7.18. The number of nitrogens with one attached hydrogen (secondary N) is 2. The molecule has 0 saturated carbocycles. The van der Waals surface area contributed by atoms with Gasteiger partial charge >= 0.3 is 0 Å². The molecule has 0 unspecified atom stereocenters. The normalized spacial score (nSPS) is 10.6. The number of methoxy groups -OCH3 is 1. The van der Waals surface area contributed by atoms with Crippen molar-refractivity contribution in [3.05, 3.63) is 53.0 Å². The zero-order valence-electron chi connectivity index (χ0n) is 17.5. The van der Waals surface area contributed by atoms with E-state index in [0.717, 1.165) is 28.1 Å². The summed E-state index contributed by atoms with van der Waals surface area (Å²) < 4.78 is 17.4. The zero-order valence-corrected chi connectivity index (χ0v) is 18.3. The predicted octanol–water partition coefficient (Wildman–Crippen LogP) is 3.46. The number of hydrogen-bond acceptors (Lipinski definition) is 7. The standard InChI is InChI=1S/C22H25N3O5S/c1-3-4-11-30-17-10-9-15(12-18(17)28-2)22(27)25-24-20(26)13-29-14-21-23-16-7-5-6-8-19(16)31-21/h5-10,12H,3-4,11,13-14H2,1-2H3,(H,24,26)(H,25,27). The van der Waals surface area contributed by atoms with Gasteiger partial charge in [0.25, 0.3) is 11.8 Å². The first-order valence-corrected chi connectivity index (χ1v) is 10.7. The number of fused-ring (bicyclic) bond motifs is 1. The Kier molecular flexibility index (Phi) is 8.19. The van der Waals surface area contributed by atoms with Crippen LogP contribution in [-0.2, 0) is 16.1 Å². The molecule has 0 aliphatic heterocycles. The van der Waals surface area contributed by atoms with E-state index >= 15 is 0 Å². The highest BCUT2D eigenvalue weighted by atomic mass is 32.1. The number of thiazole rings is 1. The largest absolute Gasteiger partial charge is 0.493 e. The Hall–Kier alpha value is -3.17. The number of amides is 2. The van der Waals surface area contributed by atoms with Crippen molar-refractivity contribution in [2.45, 2.75) is 26.4 Å². The van der Waals surface area contributed by atoms with E-state index in [1.54, 1.807) is 18.2 Å². The summed E-state index contributed by atoms with van der Waals surface area (Å²) in [5.41, 5.74) is 5.93. The summed E-state index contributed by atoms with van der Waals surface area (Å²) >= 11 is 1.52. The molecular weight excluding hydrogens is 418 g/mol. The molecule has 164 valence electrons. The molecule has 2 aromatic carbocycles. The second-order valence-corrected chi connectivity index (χ2v) is 7.75. The Morgan fingerprint density at radius 3 is 2.71 bits per heavy atom. The van der Waals surface area contributed by atoms with Crippen LogP contribution in [-0.4, -0.2) is 37.1 Å². The summed E-state index contributed by atoms with van der Waals surface area (Å²) in [6.45, 7) is 2.67. The van der Waals surface area contributed by atoms with Gasteiger partial charge in [-0.05, 0) is 36.8 Å². The van der Waals surface area contributed by atoms with Gasteiger partial charge in [-0.2, -0.15) is 0 Å². The van der Waals surface area contributed by atoms with Crippen LogP contribution in [0.5, 0.6) is 11.5 Å². The molecule has 1 aromatic heterocycles. The fourth-order valence-electron chi connectivity index (χ4n) is 2.70. The Bertz CT molecular complexity index is 1000. The summed E-state index contributed by atoms with van der Waals surface area (Å²) in [7, 11) is 1.51. The Balaban J connectivity index is 1.44. The van der Waals surface area contributed by atoms with Gasteiger partial charge < -0.3 is 14.2 Å². The minimum atomic E-state index is -0.474. The van der Waals surface area contributed by atoms with Crippen molar-refractivity contribution in [1.82, 2.24) is 15.8 Å². The molecule has 2 amide bonds. The summed E-state index contributed by atoms with van der Waals surface area (Å²) in [5, 5.41) is 0.784. The average molecular weight is 444 g/mol. The molecular formula is C22H25N3O5S. The van der Waals surface area contributed by atoms with E-state index in [4.69, 9.17) is 14.2 Å². The molecule has 0 bridgehead atoms. The van der Waals surface area contributed by atoms with Crippen molar-refractivity contribution in [2.24, 2.45) is 0 Å². The van der Waals surface area contributed by atoms with Crippen LogP contribution in [0, 0.1) is 0 Å². The number of unbranched alkanes of at least 4 members (excludes halogenated alkanes) is 1. The molecule has 9 heteroatoms. The van der Waals surface area contributed by atoms with Crippen LogP contribution in [0.1, 0.15) is 35.1 Å². The molecule has 3 aromatic rings. The summed E-state index contributed by atoms with van der Waals surface area (Å²) in [6, 6.07) is 12.6. The number of hydrogen-bond donors (Lipinski definition) is 2. The smallest absolute Gasteiger partial charge is 0.269 e. The van der Waals surface area contributed by atoms with Gasteiger partial charge in [0, 0.05) is 5.56 Å². The molecule has 8 nitrogen and oxygen atoms in total. The van der Waals surface area contributed by atoms with E-state index < -0.39 is 11.8 Å². The first-order chi connectivity index (χ1) is 15.1. The molecule has 0 aliphatic rings. The number of nitrogens with zero attached hydrogens (tertiary/aromatic N) is 1. The Morgan fingerprint density at radius 2 is 1.94 bits per heavy atom. The number of para-hydroxylation sites is 1. The lowest BCUT2D eigenvalue weighted by atomic mass is 10.2. The van der Waals surface area contributed by atoms with Crippen molar-refractivity contribution >= 4 is 33.4 Å². The number of rotatable bonds is 10. The van der Waals surface area contributed by atoms with Gasteiger partial charge in [-0.25, -0.2) is 4.98 Å². The third kappa shape index (κ3) is 6.40. The summed E-state index contributed by atoms with van der Waals surface area (Å²) in [5.74, 6) is 0.0768. The quantitative estimate of drug-likeness (QED) is 0.368. The third-order valence-corrected chi connectivity index (χ3v) is 5.30. The van der Waals surface area contributed by atoms with E-state index in [1.165, 1.54) is 18.4 Å². The van der Waals surface area contributed by atoms with Gasteiger partial charge in [-0.15, -0.1) is 11.3 Å².